The number of aliphatic imine (C=N–C) groups is 1. The van der Waals surface area contributed by atoms with Crippen molar-refractivity contribution < 1.29 is 4.79 Å². The molecule has 0 aromatic heterocycles. The van der Waals surface area contributed by atoms with Crippen LogP contribution in [0.3, 0.4) is 0 Å². The molecule has 0 radical (unpaired) electrons. The van der Waals surface area contributed by atoms with Crippen LogP contribution in [0, 0.1) is 5.92 Å². The highest BCUT2D eigenvalue weighted by atomic mass is 16.2. The lowest BCUT2D eigenvalue weighted by molar-refractivity contribution is -0.118. The smallest absolute Gasteiger partial charge is 0.227 e. The number of nitrogens with one attached hydrogen (secondary N) is 2. The van der Waals surface area contributed by atoms with Crippen LogP contribution in [0.25, 0.3) is 0 Å². The molecule has 2 heterocycles. The lowest BCUT2D eigenvalue weighted by atomic mass is 10.1. The van der Waals surface area contributed by atoms with E-state index in [1.807, 2.05) is 30.1 Å². The minimum Gasteiger partial charge on any atom is -0.356 e. The van der Waals surface area contributed by atoms with Crippen LogP contribution in [0.1, 0.15) is 39.2 Å². The molecule has 0 bridgehead atoms. The molecule has 1 aromatic carbocycles. The monoisotopic (exact) mass is 385 g/mol. The third-order valence-electron chi connectivity index (χ3n) is 5.96. The Bertz CT molecular complexity index is 702. The highest BCUT2D eigenvalue weighted by Crippen LogP contribution is 2.28. The second-order valence-electron chi connectivity index (χ2n) is 8.30. The zero-order valence-corrected chi connectivity index (χ0v) is 17.7. The Hall–Kier alpha value is -2.08. The summed E-state index contributed by atoms with van der Waals surface area (Å²) in [5, 5.41) is 6.93. The molecule has 0 saturated carbocycles. The normalized spacial score (nSPS) is 22.6. The molecule has 2 N–H and O–H groups in total. The van der Waals surface area contributed by atoms with Gasteiger partial charge < -0.3 is 15.5 Å². The Kier molecular flexibility index (Phi) is 6.94. The molecule has 1 aromatic rings. The van der Waals surface area contributed by atoms with E-state index in [-0.39, 0.29) is 5.91 Å². The van der Waals surface area contributed by atoms with Crippen molar-refractivity contribution in [2.75, 3.05) is 38.1 Å². The van der Waals surface area contributed by atoms with Gasteiger partial charge in [0.15, 0.2) is 5.96 Å². The summed E-state index contributed by atoms with van der Waals surface area (Å²) in [6.07, 6.45) is 2.32. The molecule has 1 saturated heterocycles. The molecule has 6 heteroatoms. The topological polar surface area (TPSA) is 60.0 Å². The van der Waals surface area contributed by atoms with Crippen LogP contribution < -0.4 is 15.5 Å². The average molecular weight is 386 g/mol. The standard InChI is InChI=1S/C22H35N5O/c1-16(2)26-14-17(3)19(15-26)25-22(23-4)24-12-7-10-21(28)27-13-11-18-8-5-6-9-20(18)27/h5-6,8-9,16-17,19H,7,10-15H2,1-4H3,(H2,23,24,25). The molecule has 0 spiro atoms. The van der Waals surface area contributed by atoms with Gasteiger partial charge in [0, 0.05) is 57.4 Å². The van der Waals surface area contributed by atoms with E-state index < -0.39 is 0 Å². The molecule has 2 unspecified atom stereocenters. The van der Waals surface area contributed by atoms with Crippen molar-refractivity contribution in [2.45, 2.75) is 52.1 Å². The fourth-order valence-electron chi connectivity index (χ4n) is 4.16. The summed E-state index contributed by atoms with van der Waals surface area (Å²) in [5.74, 6) is 1.64. The minimum absolute atomic E-state index is 0.215. The van der Waals surface area contributed by atoms with Crippen molar-refractivity contribution >= 4 is 17.6 Å². The van der Waals surface area contributed by atoms with Gasteiger partial charge in [-0.15, -0.1) is 0 Å². The predicted molar refractivity (Wildman–Crippen MR) is 116 cm³/mol. The van der Waals surface area contributed by atoms with Gasteiger partial charge in [0.2, 0.25) is 5.91 Å². The second-order valence-corrected chi connectivity index (χ2v) is 8.30. The number of hydrogen-bond donors (Lipinski definition) is 2. The summed E-state index contributed by atoms with van der Waals surface area (Å²) >= 11 is 0. The van der Waals surface area contributed by atoms with Crippen molar-refractivity contribution in [1.29, 1.82) is 0 Å². The summed E-state index contributed by atoms with van der Waals surface area (Å²) in [5.41, 5.74) is 2.36. The Morgan fingerprint density at radius 1 is 1.29 bits per heavy atom. The number of para-hydroxylation sites is 1. The van der Waals surface area contributed by atoms with E-state index >= 15 is 0 Å². The van der Waals surface area contributed by atoms with Gasteiger partial charge in [0.1, 0.15) is 0 Å². The molecule has 154 valence electrons. The lowest BCUT2D eigenvalue weighted by Gasteiger charge is -2.22. The van der Waals surface area contributed by atoms with Crippen molar-refractivity contribution in [1.82, 2.24) is 15.5 Å². The Labute approximate surface area is 169 Å². The molecule has 28 heavy (non-hydrogen) atoms. The fraction of sp³-hybridized carbons (Fsp3) is 0.636. The van der Waals surface area contributed by atoms with Gasteiger partial charge in [-0.05, 0) is 44.2 Å². The van der Waals surface area contributed by atoms with Gasteiger partial charge in [-0.3, -0.25) is 14.7 Å². The first-order chi connectivity index (χ1) is 13.5. The van der Waals surface area contributed by atoms with Crippen LogP contribution >= 0.6 is 0 Å². The number of rotatable bonds is 6. The maximum Gasteiger partial charge on any atom is 0.227 e. The minimum atomic E-state index is 0.215. The Balaban J connectivity index is 1.40. The van der Waals surface area contributed by atoms with Crippen LogP contribution in [-0.2, 0) is 11.2 Å². The summed E-state index contributed by atoms with van der Waals surface area (Å²) < 4.78 is 0. The summed E-state index contributed by atoms with van der Waals surface area (Å²) in [7, 11) is 1.81. The lowest BCUT2D eigenvalue weighted by Crippen LogP contribution is -2.47. The van der Waals surface area contributed by atoms with Crippen molar-refractivity contribution in [3.05, 3.63) is 29.8 Å². The van der Waals surface area contributed by atoms with Gasteiger partial charge >= 0.3 is 0 Å². The molecule has 1 amide bonds. The third kappa shape index (κ3) is 4.85. The molecular formula is C22H35N5O. The van der Waals surface area contributed by atoms with E-state index in [0.717, 1.165) is 50.7 Å². The number of guanidine groups is 1. The van der Waals surface area contributed by atoms with Gasteiger partial charge in [0.25, 0.3) is 0 Å². The van der Waals surface area contributed by atoms with Gasteiger partial charge in [-0.2, -0.15) is 0 Å². The van der Waals surface area contributed by atoms with Gasteiger partial charge in [0.05, 0.1) is 0 Å². The van der Waals surface area contributed by atoms with Crippen LogP contribution in [0.5, 0.6) is 0 Å². The number of likely N-dealkylation sites (tertiary alicyclic amines) is 1. The zero-order chi connectivity index (χ0) is 20.1. The van der Waals surface area contributed by atoms with Crippen LogP contribution in [-0.4, -0.2) is 62.1 Å². The predicted octanol–water partition coefficient (Wildman–Crippen LogP) is 2.25. The van der Waals surface area contributed by atoms with Gasteiger partial charge in [-0.25, -0.2) is 0 Å². The first-order valence-electron chi connectivity index (χ1n) is 10.6. The number of anilines is 1. The molecule has 3 rings (SSSR count). The SMILES string of the molecule is CN=C(NCCCC(=O)N1CCc2ccccc21)NC1CN(C(C)C)CC1C. The van der Waals surface area contributed by atoms with Gasteiger partial charge in [-0.1, -0.05) is 25.1 Å². The van der Waals surface area contributed by atoms with E-state index in [1.165, 1.54) is 5.56 Å². The zero-order valence-electron chi connectivity index (χ0n) is 17.7. The molecule has 6 nitrogen and oxygen atoms in total. The highest BCUT2D eigenvalue weighted by molar-refractivity contribution is 5.95. The van der Waals surface area contributed by atoms with Crippen molar-refractivity contribution in [2.24, 2.45) is 10.9 Å². The van der Waals surface area contributed by atoms with Crippen LogP contribution in [0.4, 0.5) is 5.69 Å². The molecule has 2 atom stereocenters. The van der Waals surface area contributed by atoms with Crippen LogP contribution in [0.15, 0.2) is 29.3 Å². The largest absolute Gasteiger partial charge is 0.356 e. The molecule has 2 aliphatic rings. The van der Waals surface area contributed by atoms with Crippen molar-refractivity contribution in [3.8, 4) is 0 Å². The van der Waals surface area contributed by atoms with E-state index in [9.17, 15) is 4.79 Å². The first-order valence-corrected chi connectivity index (χ1v) is 10.6. The maximum absolute atomic E-state index is 12.6. The molecule has 1 fully saturated rings. The summed E-state index contributed by atoms with van der Waals surface area (Å²) in [6.45, 7) is 10.5. The number of carbonyl (C=O) groups is 1. The average Bonchev–Trinajstić information content (AvgIpc) is 3.28. The highest BCUT2D eigenvalue weighted by Gasteiger charge is 2.31. The number of nitrogens with zero attached hydrogens (tertiary/aromatic N) is 3. The van der Waals surface area contributed by atoms with E-state index in [0.29, 0.717) is 24.4 Å². The summed E-state index contributed by atoms with van der Waals surface area (Å²) in [4.78, 5) is 21.4. The van der Waals surface area contributed by atoms with Crippen LogP contribution in [0.2, 0.25) is 0 Å². The maximum atomic E-state index is 12.6. The molecule has 0 aliphatic carbocycles. The Morgan fingerprint density at radius 2 is 2.07 bits per heavy atom. The van der Waals surface area contributed by atoms with Crippen molar-refractivity contribution in [3.63, 3.8) is 0 Å². The number of benzene rings is 1. The molecular weight excluding hydrogens is 350 g/mol. The summed E-state index contributed by atoms with van der Waals surface area (Å²) in [6, 6.07) is 9.20. The quantitative estimate of drug-likeness (QED) is 0.448. The van der Waals surface area contributed by atoms with E-state index in [2.05, 4.69) is 47.4 Å². The third-order valence-corrected chi connectivity index (χ3v) is 5.96. The number of fused-ring (bicyclic) bond motifs is 1. The second kappa shape index (κ2) is 9.41. The fourth-order valence-corrected chi connectivity index (χ4v) is 4.16. The number of hydrogen-bond acceptors (Lipinski definition) is 3. The number of amides is 1. The van der Waals surface area contributed by atoms with E-state index in [1.54, 1.807) is 0 Å². The Morgan fingerprint density at radius 3 is 2.79 bits per heavy atom. The van der Waals surface area contributed by atoms with E-state index in [4.69, 9.17) is 0 Å². The number of carbonyl (C=O) groups excluding carboxylic acids is 1. The molecule has 2 aliphatic heterocycles. The first kappa shape index (κ1) is 20.6.